The van der Waals surface area contributed by atoms with Gasteiger partial charge in [0, 0.05) is 47.7 Å². The number of hydrogen-bond acceptors (Lipinski definition) is 7. The van der Waals surface area contributed by atoms with Gasteiger partial charge in [-0.15, -0.1) is 0 Å². The third kappa shape index (κ3) is 11.9. The first kappa shape index (κ1) is 36.8. The highest BCUT2D eigenvalue weighted by Crippen LogP contribution is 2.39. The zero-order chi connectivity index (χ0) is 33.1. The number of rotatable bonds is 9. The van der Waals surface area contributed by atoms with E-state index in [1.165, 1.54) is 12.1 Å². The van der Waals surface area contributed by atoms with Crippen LogP contribution in [0, 0.1) is 18.2 Å². The Morgan fingerprint density at radius 2 is 1.75 bits per heavy atom. The summed E-state index contributed by atoms with van der Waals surface area (Å²) in [5.41, 5.74) is 4.48. The number of aliphatic carboxylic acids is 1. The Morgan fingerprint density at radius 3 is 2.30 bits per heavy atom. The molecule has 0 spiro atoms. The van der Waals surface area contributed by atoms with E-state index >= 15 is 0 Å². The van der Waals surface area contributed by atoms with Gasteiger partial charge in [0.1, 0.15) is 6.61 Å². The molecule has 0 bridgehead atoms. The highest BCUT2D eigenvalue weighted by atomic mass is 35.5. The van der Waals surface area contributed by atoms with Crippen molar-refractivity contribution in [2.45, 2.75) is 80.3 Å². The molecular weight excluding hydrogens is 583 g/mol. The molecule has 0 atom stereocenters. The fraction of sp³-hybridized carbons (Fsp3) is 0.500. The minimum absolute atomic E-state index is 0.0875. The molecule has 0 aliphatic carbocycles. The number of anilines is 2. The number of pyridine rings is 2. The van der Waals surface area contributed by atoms with Crippen molar-refractivity contribution in [3.05, 3.63) is 64.8 Å². The summed E-state index contributed by atoms with van der Waals surface area (Å²) in [5.74, 6) is -1.23. The van der Waals surface area contributed by atoms with Gasteiger partial charge in [0.15, 0.2) is 11.6 Å². The van der Waals surface area contributed by atoms with Gasteiger partial charge in [0.05, 0.1) is 35.3 Å². The van der Waals surface area contributed by atoms with Gasteiger partial charge >= 0.3 is 5.97 Å². The molecule has 3 aromatic rings. The smallest absolute Gasteiger partial charge is 0.307 e. The fourth-order valence-electron chi connectivity index (χ4n) is 4.49. The number of aryl methyl sites for hydroxylation is 1. The van der Waals surface area contributed by atoms with E-state index in [0.717, 1.165) is 59.8 Å². The number of piperidine rings is 1. The third-order valence-corrected chi connectivity index (χ3v) is 6.98. The monoisotopic (exact) mass is 630 g/mol. The molecular formula is C34H48ClFN4O4. The van der Waals surface area contributed by atoms with Crippen molar-refractivity contribution in [3.8, 4) is 17.0 Å². The van der Waals surface area contributed by atoms with Crippen LogP contribution in [0.5, 0.6) is 5.75 Å². The van der Waals surface area contributed by atoms with Gasteiger partial charge in [-0.25, -0.2) is 4.39 Å². The topological polar surface area (TPSA) is 108 Å². The van der Waals surface area contributed by atoms with Gasteiger partial charge in [-0.3, -0.25) is 14.8 Å². The first-order chi connectivity index (χ1) is 20.6. The largest absolute Gasteiger partial charge is 0.489 e. The molecule has 0 amide bonds. The summed E-state index contributed by atoms with van der Waals surface area (Å²) in [6.45, 7) is 18.0. The second-order valence-corrected chi connectivity index (χ2v) is 12.7. The van der Waals surface area contributed by atoms with Crippen LogP contribution in [0.3, 0.4) is 0 Å². The van der Waals surface area contributed by atoms with Gasteiger partial charge in [-0.05, 0) is 76.3 Å². The lowest BCUT2D eigenvalue weighted by molar-refractivity contribution is -0.136. The minimum Gasteiger partial charge on any atom is -0.489 e. The Labute approximate surface area is 266 Å². The van der Waals surface area contributed by atoms with Crippen molar-refractivity contribution in [2.24, 2.45) is 5.41 Å². The average molecular weight is 631 g/mol. The molecule has 1 aromatic carbocycles. The van der Waals surface area contributed by atoms with Gasteiger partial charge in [-0.1, -0.05) is 39.3 Å². The predicted octanol–water partition coefficient (Wildman–Crippen LogP) is 7.79. The van der Waals surface area contributed by atoms with Crippen molar-refractivity contribution in [1.29, 1.82) is 0 Å². The van der Waals surface area contributed by atoms with E-state index in [4.69, 9.17) is 21.4 Å². The number of aromatic nitrogens is 2. The van der Waals surface area contributed by atoms with Crippen LogP contribution in [0.25, 0.3) is 11.3 Å². The summed E-state index contributed by atoms with van der Waals surface area (Å²) in [6.07, 6.45) is 5.48. The first-order valence-electron chi connectivity index (χ1n) is 15.1. The number of halogens is 2. The molecule has 4 rings (SSSR count). The molecule has 2 aromatic heterocycles. The number of ether oxygens (including phenoxy) is 1. The van der Waals surface area contributed by atoms with E-state index in [2.05, 4.69) is 34.0 Å². The number of nitrogens with one attached hydrogen (secondary N) is 1. The Morgan fingerprint density at radius 1 is 1.11 bits per heavy atom. The van der Waals surface area contributed by atoms with E-state index in [1.807, 2.05) is 32.9 Å². The lowest BCUT2D eigenvalue weighted by Gasteiger charge is -2.40. The molecule has 3 N–H and O–H groups in total. The van der Waals surface area contributed by atoms with Gasteiger partial charge in [0.25, 0.3) is 0 Å². The molecule has 0 unspecified atom stereocenters. The molecule has 0 saturated carbocycles. The van der Waals surface area contributed by atoms with Crippen LogP contribution in [-0.4, -0.2) is 58.0 Å². The standard InChI is InChI=1S/C28H32ClFN4O3.C4H10O.C2H6/c1-18-21(15-26(35)36)27(34-11-8-28(2,3)9-12-34)22(17-32-18)24-6-5-20(16-33-24)31-10-13-37-25-7-4-19(29)14-23(25)30;1-4(2,3)5;1-2/h4-7,14,16-17,31H,8-13,15H2,1-3H3,(H,35,36);5H,1-3H3;1-2H3. The van der Waals surface area contributed by atoms with Crippen LogP contribution in [0.4, 0.5) is 15.8 Å². The number of nitrogens with zero attached hydrogens (tertiary/aromatic N) is 3. The lowest BCUT2D eigenvalue weighted by atomic mass is 9.82. The highest BCUT2D eigenvalue weighted by molar-refractivity contribution is 6.30. The molecule has 44 heavy (non-hydrogen) atoms. The number of hydrogen-bond donors (Lipinski definition) is 3. The summed E-state index contributed by atoms with van der Waals surface area (Å²) in [5, 5.41) is 21.6. The quantitative estimate of drug-likeness (QED) is 0.206. The number of carboxylic acid groups (broad SMARTS) is 1. The highest BCUT2D eigenvalue weighted by Gasteiger charge is 2.29. The van der Waals surface area contributed by atoms with Crippen LogP contribution < -0.4 is 15.0 Å². The summed E-state index contributed by atoms with van der Waals surface area (Å²) in [4.78, 5) is 23.1. The number of carbonyl (C=O) groups is 1. The Balaban J connectivity index is 0.000000876. The van der Waals surface area contributed by atoms with Gasteiger partial charge in [0.2, 0.25) is 0 Å². The maximum atomic E-state index is 13.9. The molecule has 0 radical (unpaired) electrons. The zero-order valence-corrected chi connectivity index (χ0v) is 28.1. The second kappa shape index (κ2) is 16.6. The molecule has 8 nitrogen and oxygen atoms in total. The van der Waals surface area contributed by atoms with Crippen molar-refractivity contribution >= 4 is 28.9 Å². The summed E-state index contributed by atoms with van der Waals surface area (Å²) < 4.78 is 19.3. The maximum absolute atomic E-state index is 13.9. The normalized spacial score (nSPS) is 14.0. The Hall–Kier alpha value is -3.43. The lowest BCUT2D eigenvalue weighted by Crippen LogP contribution is -2.38. The summed E-state index contributed by atoms with van der Waals surface area (Å²) >= 11 is 5.77. The number of aliphatic hydroxyl groups is 1. The van der Waals surface area contributed by atoms with Crippen molar-refractivity contribution in [3.63, 3.8) is 0 Å². The number of benzene rings is 1. The first-order valence-corrected chi connectivity index (χ1v) is 15.5. The second-order valence-electron chi connectivity index (χ2n) is 12.3. The third-order valence-electron chi connectivity index (χ3n) is 6.75. The Bertz CT molecular complexity index is 1340. The summed E-state index contributed by atoms with van der Waals surface area (Å²) in [7, 11) is 0. The molecule has 1 fully saturated rings. The average Bonchev–Trinajstić information content (AvgIpc) is 2.94. The van der Waals surface area contributed by atoms with E-state index < -0.39 is 17.4 Å². The zero-order valence-electron chi connectivity index (χ0n) is 27.3. The van der Waals surface area contributed by atoms with E-state index in [1.54, 1.807) is 39.2 Å². The van der Waals surface area contributed by atoms with Crippen molar-refractivity contribution < 1.29 is 24.1 Å². The van der Waals surface area contributed by atoms with Crippen LogP contribution in [0.2, 0.25) is 5.02 Å². The summed E-state index contributed by atoms with van der Waals surface area (Å²) in [6, 6.07) is 8.11. The number of carboxylic acids is 1. The van der Waals surface area contributed by atoms with E-state index in [9.17, 15) is 14.3 Å². The van der Waals surface area contributed by atoms with Crippen molar-refractivity contribution in [1.82, 2.24) is 9.97 Å². The minimum atomic E-state index is -0.881. The maximum Gasteiger partial charge on any atom is 0.307 e. The Kier molecular flexibility index (Phi) is 13.9. The molecule has 10 heteroatoms. The molecule has 3 heterocycles. The van der Waals surface area contributed by atoms with Gasteiger partial charge < -0.3 is 25.2 Å². The predicted molar refractivity (Wildman–Crippen MR) is 177 cm³/mol. The molecule has 1 aliphatic heterocycles. The molecule has 242 valence electrons. The van der Waals surface area contributed by atoms with Crippen LogP contribution >= 0.6 is 11.6 Å². The molecule has 1 aliphatic rings. The van der Waals surface area contributed by atoms with Crippen LogP contribution in [0.1, 0.15) is 72.6 Å². The molecule has 1 saturated heterocycles. The van der Waals surface area contributed by atoms with Crippen LogP contribution in [-0.2, 0) is 11.2 Å². The van der Waals surface area contributed by atoms with Gasteiger partial charge in [-0.2, -0.15) is 0 Å². The SMILES string of the molecule is CC.CC(C)(C)O.Cc1ncc(-c2ccc(NCCOc3ccc(Cl)cc3F)cn2)c(N2CCC(C)(C)CC2)c1CC(=O)O. The van der Waals surface area contributed by atoms with Crippen molar-refractivity contribution in [2.75, 3.05) is 36.5 Å². The van der Waals surface area contributed by atoms with Crippen LogP contribution in [0.15, 0.2) is 42.7 Å². The van der Waals surface area contributed by atoms with E-state index in [-0.39, 0.29) is 24.2 Å². The fourth-order valence-corrected chi connectivity index (χ4v) is 4.65. The van der Waals surface area contributed by atoms with E-state index in [0.29, 0.717) is 11.6 Å².